The summed E-state index contributed by atoms with van der Waals surface area (Å²) in [5.74, 6) is 1.41. The van der Waals surface area contributed by atoms with Gasteiger partial charge in [0, 0.05) is 18.7 Å². The smallest absolute Gasteiger partial charge is 0.240 e. The lowest BCUT2D eigenvalue weighted by Gasteiger charge is -2.17. The molecule has 0 fully saturated rings. The van der Waals surface area contributed by atoms with Gasteiger partial charge in [-0.1, -0.05) is 0 Å². The second-order valence-electron chi connectivity index (χ2n) is 6.90. The van der Waals surface area contributed by atoms with Crippen LogP contribution >= 0.6 is 0 Å². The van der Waals surface area contributed by atoms with Crippen LogP contribution < -0.4 is 10.0 Å². The molecule has 2 aromatic rings. The second kappa shape index (κ2) is 6.00. The maximum Gasteiger partial charge on any atom is 0.240 e. The van der Waals surface area contributed by atoms with Crippen LogP contribution in [0.4, 0.5) is 5.69 Å². The van der Waals surface area contributed by atoms with E-state index in [0.717, 1.165) is 17.1 Å². The Morgan fingerprint density at radius 3 is 2.56 bits per heavy atom. The number of rotatable bonds is 5. The minimum Gasteiger partial charge on any atom is -0.466 e. The standard InChI is InChI=1S/C18H22N2O4S/c1-11-9-14(10-15-16(11)20-17(21)18(15,3)4)25(22,23)19-8-7-13-6-5-12(2)24-13/h5-6,9-10,19H,7-8H2,1-4H3,(H,20,21). The number of hydrogen-bond acceptors (Lipinski definition) is 4. The van der Waals surface area contributed by atoms with Gasteiger partial charge in [0.05, 0.1) is 10.3 Å². The molecule has 0 saturated carbocycles. The summed E-state index contributed by atoms with van der Waals surface area (Å²) in [5.41, 5.74) is 1.40. The molecule has 1 aromatic heterocycles. The summed E-state index contributed by atoms with van der Waals surface area (Å²) >= 11 is 0. The van der Waals surface area contributed by atoms with E-state index in [4.69, 9.17) is 4.42 Å². The van der Waals surface area contributed by atoms with Crippen LogP contribution in [0.15, 0.2) is 33.6 Å². The molecule has 1 amide bonds. The van der Waals surface area contributed by atoms with Crippen LogP contribution in [0.2, 0.25) is 0 Å². The van der Waals surface area contributed by atoms with Crippen LogP contribution in [0.3, 0.4) is 0 Å². The number of benzene rings is 1. The molecule has 0 bridgehead atoms. The lowest BCUT2D eigenvalue weighted by molar-refractivity contribution is -0.119. The topological polar surface area (TPSA) is 88.4 Å². The van der Waals surface area contributed by atoms with Gasteiger partial charge in [-0.15, -0.1) is 0 Å². The highest BCUT2D eigenvalue weighted by molar-refractivity contribution is 7.89. The number of carbonyl (C=O) groups is 1. The van der Waals surface area contributed by atoms with Gasteiger partial charge >= 0.3 is 0 Å². The van der Waals surface area contributed by atoms with Crippen LogP contribution in [0.1, 0.15) is 36.5 Å². The van der Waals surface area contributed by atoms with Gasteiger partial charge in [0.2, 0.25) is 15.9 Å². The fourth-order valence-electron chi connectivity index (χ4n) is 2.97. The minimum absolute atomic E-state index is 0.124. The van der Waals surface area contributed by atoms with Gasteiger partial charge in [0.1, 0.15) is 11.5 Å². The third kappa shape index (κ3) is 3.21. The zero-order valence-electron chi connectivity index (χ0n) is 14.8. The molecule has 6 nitrogen and oxygen atoms in total. The number of nitrogens with one attached hydrogen (secondary N) is 2. The SMILES string of the molecule is Cc1ccc(CCNS(=O)(=O)c2cc(C)c3c(c2)C(C)(C)C(=O)N3)o1. The Kier molecular flexibility index (Phi) is 4.25. The molecule has 0 aliphatic carbocycles. The van der Waals surface area contributed by atoms with Gasteiger partial charge < -0.3 is 9.73 Å². The van der Waals surface area contributed by atoms with Crippen molar-refractivity contribution in [1.82, 2.24) is 4.72 Å². The van der Waals surface area contributed by atoms with E-state index in [0.29, 0.717) is 17.7 Å². The number of hydrogen-bond donors (Lipinski definition) is 2. The van der Waals surface area contributed by atoms with Gasteiger partial charge in [0.15, 0.2) is 0 Å². The van der Waals surface area contributed by atoms with Gasteiger partial charge in [-0.3, -0.25) is 4.79 Å². The van der Waals surface area contributed by atoms with Crippen LogP contribution in [-0.4, -0.2) is 20.9 Å². The normalized spacial score (nSPS) is 15.9. The quantitative estimate of drug-likeness (QED) is 0.856. The second-order valence-corrected chi connectivity index (χ2v) is 8.67. The fraction of sp³-hybridized carbons (Fsp3) is 0.389. The highest BCUT2D eigenvalue weighted by atomic mass is 32.2. The first kappa shape index (κ1) is 17.7. The van der Waals surface area contributed by atoms with Gasteiger partial charge in [-0.05, 0) is 63.1 Å². The van der Waals surface area contributed by atoms with Crippen molar-refractivity contribution in [2.75, 3.05) is 11.9 Å². The van der Waals surface area contributed by atoms with Crippen LogP contribution in [0, 0.1) is 13.8 Å². The third-order valence-electron chi connectivity index (χ3n) is 4.56. The van der Waals surface area contributed by atoms with E-state index in [9.17, 15) is 13.2 Å². The summed E-state index contributed by atoms with van der Waals surface area (Å²) in [6, 6.07) is 6.85. The summed E-state index contributed by atoms with van der Waals surface area (Å²) in [6.45, 7) is 7.46. The lowest BCUT2D eigenvalue weighted by atomic mass is 9.85. The first-order valence-corrected chi connectivity index (χ1v) is 9.61. The van der Waals surface area contributed by atoms with E-state index in [1.54, 1.807) is 32.9 Å². The van der Waals surface area contributed by atoms with E-state index >= 15 is 0 Å². The summed E-state index contributed by atoms with van der Waals surface area (Å²) in [6.07, 6.45) is 0.475. The van der Waals surface area contributed by atoms with Gasteiger partial charge in [0.25, 0.3) is 0 Å². The number of fused-ring (bicyclic) bond motifs is 1. The highest BCUT2D eigenvalue weighted by Crippen LogP contribution is 2.40. The maximum absolute atomic E-state index is 12.6. The number of anilines is 1. The van der Waals surface area contributed by atoms with E-state index in [1.165, 1.54) is 0 Å². The van der Waals surface area contributed by atoms with Crippen molar-refractivity contribution in [2.24, 2.45) is 0 Å². The first-order valence-electron chi connectivity index (χ1n) is 8.13. The van der Waals surface area contributed by atoms with E-state index in [-0.39, 0.29) is 17.3 Å². The highest BCUT2D eigenvalue weighted by Gasteiger charge is 2.40. The molecule has 0 spiro atoms. The summed E-state index contributed by atoms with van der Waals surface area (Å²) < 4.78 is 33.3. The predicted molar refractivity (Wildman–Crippen MR) is 95.2 cm³/mol. The zero-order valence-corrected chi connectivity index (χ0v) is 15.6. The summed E-state index contributed by atoms with van der Waals surface area (Å²) in [5, 5.41) is 2.84. The van der Waals surface area contributed by atoms with Crippen molar-refractivity contribution in [1.29, 1.82) is 0 Å². The average Bonchev–Trinajstić information content (AvgIpc) is 3.02. The minimum atomic E-state index is -3.67. The molecule has 0 saturated heterocycles. The van der Waals surface area contributed by atoms with Crippen LogP contribution in [-0.2, 0) is 26.7 Å². The zero-order chi connectivity index (χ0) is 18.4. The monoisotopic (exact) mass is 362 g/mol. The molecule has 134 valence electrons. The summed E-state index contributed by atoms with van der Waals surface area (Å²) in [7, 11) is -3.67. The van der Waals surface area contributed by atoms with Gasteiger partial charge in [-0.2, -0.15) is 0 Å². The molecule has 7 heteroatoms. The summed E-state index contributed by atoms with van der Waals surface area (Å²) in [4.78, 5) is 12.3. The number of aryl methyl sites for hydroxylation is 2. The lowest BCUT2D eigenvalue weighted by Crippen LogP contribution is -2.28. The van der Waals surface area contributed by atoms with Crippen molar-refractivity contribution >= 4 is 21.6 Å². The molecular formula is C18H22N2O4S. The number of amides is 1. The molecule has 0 unspecified atom stereocenters. The fourth-order valence-corrected chi connectivity index (χ4v) is 4.11. The number of carbonyl (C=O) groups excluding carboxylic acids is 1. The van der Waals surface area contributed by atoms with Crippen molar-refractivity contribution in [2.45, 2.75) is 44.4 Å². The largest absolute Gasteiger partial charge is 0.466 e. The molecule has 1 aliphatic heterocycles. The Morgan fingerprint density at radius 2 is 1.92 bits per heavy atom. The Bertz CT molecular complexity index is 942. The molecular weight excluding hydrogens is 340 g/mol. The molecule has 2 heterocycles. The van der Waals surface area contributed by atoms with Crippen molar-refractivity contribution in [3.63, 3.8) is 0 Å². The van der Waals surface area contributed by atoms with E-state index < -0.39 is 15.4 Å². The van der Waals surface area contributed by atoms with E-state index in [2.05, 4.69) is 10.0 Å². The molecule has 1 aliphatic rings. The van der Waals surface area contributed by atoms with Gasteiger partial charge in [-0.25, -0.2) is 13.1 Å². The Hall–Kier alpha value is -2.12. The molecule has 3 rings (SSSR count). The molecule has 25 heavy (non-hydrogen) atoms. The Morgan fingerprint density at radius 1 is 1.20 bits per heavy atom. The molecule has 1 aromatic carbocycles. The van der Waals surface area contributed by atoms with Crippen molar-refractivity contribution in [3.05, 3.63) is 46.9 Å². The van der Waals surface area contributed by atoms with E-state index in [1.807, 2.05) is 19.1 Å². The average molecular weight is 362 g/mol. The molecule has 0 atom stereocenters. The predicted octanol–water partition coefficient (Wildman–Crippen LogP) is 2.65. The van der Waals surface area contributed by atoms with Crippen LogP contribution in [0.5, 0.6) is 0 Å². The maximum atomic E-state index is 12.6. The Labute approximate surface area is 147 Å². The van der Waals surface area contributed by atoms with Crippen molar-refractivity contribution < 1.29 is 17.6 Å². The number of sulfonamides is 1. The molecule has 0 radical (unpaired) electrons. The third-order valence-corrected chi connectivity index (χ3v) is 6.00. The van der Waals surface area contributed by atoms with Crippen molar-refractivity contribution in [3.8, 4) is 0 Å². The number of furan rings is 1. The first-order chi connectivity index (χ1) is 11.6. The Balaban J connectivity index is 1.82. The van der Waals surface area contributed by atoms with Crippen LogP contribution in [0.25, 0.3) is 0 Å². The molecule has 2 N–H and O–H groups in total.